The molecule has 1 aliphatic rings. The summed E-state index contributed by atoms with van der Waals surface area (Å²) in [6, 6.07) is 5.97. The molecule has 1 fully saturated rings. The first-order valence-electron chi connectivity index (χ1n) is 6.21. The molecule has 18 heavy (non-hydrogen) atoms. The smallest absolute Gasteiger partial charge is 0.140 e. The summed E-state index contributed by atoms with van der Waals surface area (Å²) in [7, 11) is 0. The lowest BCUT2D eigenvalue weighted by Crippen LogP contribution is -2.42. The largest absolute Gasteiger partial charge is 0.380 e. The predicted octanol–water partition coefficient (Wildman–Crippen LogP) is 1.09. The Morgan fingerprint density at radius 2 is 2.28 bits per heavy atom. The van der Waals surface area contributed by atoms with Crippen LogP contribution < -0.4 is 5.32 Å². The number of morpholine rings is 1. The van der Waals surface area contributed by atoms with Gasteiger partial charge in [-0.1, -0.05) is 0 Å². The fourth-order valence-corrected chi connectivity index (χ4v) is 2.05. The highest BCUT2D eigenvalue weighted by atomic mass is 16.5. The first-order chi connectivity index (χ1) is 8.78. The summed E-state index contributed by atoms with van der Waals surface area (Å²) in [5.74, 6) is 0. The van der Waals surface area contributed by atoms with Gasteiger partial charge in [-0.25, -0.2) is 4.98 Å². The van der Waals surface area contributed by atoms with Crippen LogP contribution in [0.15, 0.2) is 18.3 Å². The maximum absolute atomic E-state index is 8.68. The predicted molar refractivity (Wildman–Crippen MR) is 69.3 cm³/mol. The Hall–Kier alpha value is -1.64. The van der Waals surface area contributed by atoms with E-state index < -0.39 is 0 Å². The molecular weight excluding hydrogens is 228 g/mol. The molecule has 1 aromatic rings. The van der Waals surface area contributed by atoms with E-state index in [4.69, 9.17) is 10.00 Å². The lowest BCUT2D eigenvalue weighted by atomic mass is 10.2. The fraction of sp³-hybridized carbons (Fsp3) is 0.538. The summed E-state index contributed by atoms with van der Waals surface area (Å²) in [6.45, 7) is 6.78. The molecule has 1 saturated heterocycles. The lowest BCUT2D eigenvalue weighted by molar-refractivity contribution is 0.0368. The zero-order valence-electron chi connectivity index (χ0n) is 10.6. The number of ether oxygens (including phenoxy) is 1. The van der Waals surface area contributed by atoms with Gasteiger partial charge in [0.2, 0.25) is 0 Å². The molecule has 0 aliphatic carbocycles. The van der Waals surface area contributed by atoms with E-state index in [9.17, 15) is 0 Å². The van der Waals surface area contributed by atoms with Crippen molar-refractivity contribution in [3.05, 3.63) is 24.0 Å². The van der Waals surface area contributed by atoms with Crippen LogP contribution in [0.25, 0.3) is 0 Å². The van der Waals surface area contributed by atoms with Crippen molar-refractivity contribution in [2.75, 3.05) is 38.2 Å². The highest BCUT2D eigenvalue weighted by Gasteiger charge is 2.13. The van der Waals surface area contributed by atoms with Gasteiger partial charge in [-0.05, 0) is 19.1 Å². The first kappa shape index (κ1) is 12.8. The van der Waals surface area contributed by atoms with Gasteiger partial charge in [-0.2, -0.15) is 5.26 Å². The third kappa shape index (κ3) is 3.69. The van der Waals surface area contributed by atoms with Crippen molar-refractivity contribution in [2.24, 2.45) is 0 Å². The van der Waals surface area contributed by atoms with Crippen molar-refractivity contribution in [1.82, 2.24) is 9.88 Å². The molecule has 0 amide bonds. The van der Waals surface area contributed by atoms with Crippen molar-refractivity contribution in [2.45, 2.75) is 13.0 Å². The van der Waals surface area contributed by atoms with Crippen LogP contribution in [0.2, 0.25) is 0 Å². The summed E-state index contributed by atoms with van der Waals surface area (Å²) in [6.07, 6.45) is 1.70. The summed E-state index contributed by atoms with van der Waals surface area (Å²) >= 11 is 0. The zero-order chi connectivity index (χ0) is 12.8. The number of rotatable bonds is 4. The summed E-state index contributed by atoms with van der Waals surface area (Å²) in [5.41, 5.74) is 1.40. The molecule has 2 heterocycles. The van der Waals surface area contributed by atoms with Gasteiger partial charge in [-0.3, -0.25) is 4.90 Å². The summed E-state index contributed by atoms with van der Waals surface area (Å²) < 4.78 is 5.32. The topological polar surface area (TPSA) is 61.2 Å². The highest BCUT2D eigenvalue weighted by molar-refractivity contribution is 5.43. The Balaban J connectivity index is 1.82. The maximum Gasteiger partial charge on any atom is 0.140 e. The molecule has 0 bridgehead atoms. The highest BCUT2D eigenvalue weighted by Crippen LogP contribution is 2.08. The SMILES string of the molecule is CC(CN1CCOCC1)Nc1ccc(C#N)nc1. The number of nitriles is 1. The average Bonchev–Trinajstić information content (AvgIpc) is 2.40. The Morgan fingerprint density at radius 1 is 1.50 bits per heavy atom. The van der Waals surface area contributed by atoms with Gasteiger partial charge in [0.1, 0.15) is 11.8 Å². The molecule has 0 aromatic carbocycles. The monoisotopic (exact) mass is 246 g/mol. The standard InChI is InChI=1S/C13H18N4O/c1-11(10-17-4-6-18-7-5-17)16-13-3-2-12(8-14)15-9-13/h2-3,9,11,16H,4-7,10H2,1H3. The minimum Gasteiger partial charge on any atom is -0.380 e. The van der Waals surface area contributed by atoms with Crippen LogP contribution in [0.4, 0.5) is 5.69 Å². The molecule has 96 valence electrons. The molecule has 1 atom stereocenters. The van der Waals surface area contributed by atoms with E-state index in [1.807, 2.05) is 12.1 Å². The second-order valence-electron chi connectivity index (χ2n) is 4.50. The lowest BCUT2D eigenvalue weighted by Gasteiger charge is -2.29. The number of hydrogen-bond acceptors (Lipinski definition) is 5. The van der Waals surface area contributed by atoms with Crippen LogP contribution in [-0.2, 0) is 4.74 Å². The van der Waals surface area contributed by atoms with E-state index in [0.717, 1.165) is 38.5 Å². The van der Waals surface area contributed by atoms with E-state index in [2.05, 4.69) is 22.1 Å². The minimum absolute atomic E-state index is 0.345. The number of nitrogens with one attached hydrogen (secondary N) is 1. The second kappa shape index (κ2) is 6.34. The Bertz CT molecular complexity index is 406. The van der Waals surface area contributed by atoms with E-state index in [-0.39, 0.29) is 0 Å². The minimum atomic E-state index is 0.345. The Morgan fingerprint density at radius 3 is 2.89 bits per heavy atom. The Kier molecular flexibility index (Phi) is 4.51. The molecule has 1 aliphatic heterocycles. The van der Waals surface area contributed by atoms with Gasteiger partial charge in [0.15, 0.2) is 0 Å². The van der Waals surface area contributed by atoms with Gasteiger partial charge < -0.3 is 10.1 Å². The molecule has 1 unspecified atom stereocenters. The number of pyridine rings is 1. The van der Waals surface area contributed by atoms with E-state index >= 15 is 0 Å². The second-order valence-corrected chi connectivity index (χ2v) is 4.50. The van der Waals surface area contributed by atoms with Gasteiger partial charge >= 0.3 is 0 Å². The summed E-state index contributed by atoms with van der Waals surface area (Å²) in [4.78, 5) is 6.43. The van der Waals surface area contributed by atoms with Gasteiger partial charge in [-0.15, -0.1) is 0 Å². The van der Waals surface area contributed by atoms with E-state index in [1.165, 1.54) is 0 Å². The normalized spacial score (nSPS) is 18.0. The molecule has 1 aromatic heterocycles. The molecule has 2 rings (SSSR count). The van der Waals surface area contributed by atoms with Crippen LogP contribution in [-0.4, -0.2) is 48.8 Å². The maximum atomic E-state index is 8.68. The third-order valence-electron chi connectivity index (χ3n) is 2.93. The van der Waals surface area contributed by atoms with E-state index in [1.54, 1.807) is 12.3 Å². The Labute approximate surface area is 107 Å². The van der Waals surface area contributed by atoms with Crippen molar-refractivity contribution in [3.8, 4) is 6.07 Å². The first-order valence-corrected chi connectivity index (χ1v) is 6.21. The molecule has 5 nitrogen and oxygen atoms in total. The van der Waals surface area contributed by atoms with Gasteiger partial charge in [0, 0.05) is 25.7 Å². The molecular formula is C13H18N4O. The number of nitrogens with zero attached hydrogens (tertiary/aromatic N) is 3. The van der Waals surface area contributed by atoms with Gasteiger partial charge in [0.25, 0.3) is 0 Å². The number of anilines is 1. The molecule has 5 heteroatoms. The van der Waals surface area contributed by atoms with Gasteiger partial charge in [0.05, 0.1) is 25.1 Å². The van der Waals surface area contributed by atoms with Crippen LogP contribution in [0.3, 0.4) is 0 Å². The van der Waals surface area contributed by atoms with Crippen molar-refractivity contribution < 1.29 is 4.74 Å². The quantitative estimate of drug-likeness (QED) is 0.861. The average molecular weight is 246 g/mol. The number of aromatic nitrogens is 1. The fourth-order valence-electron chi connectivity index (χ4n) is 2.05. The van der Waals surface area contributed by atoms with Crippen molar-refractivity contribution >= 4 is 5.69 Å². The van der Waals surface area contributed by atoms with Crippen LogP contribution in [0.5, 0.6) is 0 Å². The van der Waals surface area contributed by atoms with Crippen LogP contribution in [0.1, 0.15) is 12.6 Å². The number of hydrogen-bond donors (Lipinski definition) is 1. The molecule has 0 saturated carbocycles. The molecule has 0 spiro atoms. The van der Waals surface area contributed by atoms with E-state index in [0.29, 0.717) is 11.7 Å². The van der Waals surface area contributed by atoms with Crippen molar-refractivity contribution in [1.29, 1.82) is 5.26 Å². The molecule has 1 N–H and O–H groups in total. The zero-order valence-corrected chi connectivity index (χ0v) is 10.6. The summed E-state index contributed by atoms with van der Waals surface area (Å²) in [5, 5.41) is 12.1. The van der Waals surface area contributed by atoms with Crippen LogP contribution in [0, 0.1) is 11.3 Å². The van der Waals surface area contributed by atoms with Crippen molar-refractivity contribution in [3.63, 3.8) is 0 Å². The third-order valence-corrected chi connectivity index (χ3v) is 2.93. The molecule has 0 radical (unpaired) electrons. The van der Waals surface area contributed by atoms with Crippen LogP contribution >= 0.6 is 0 Å².